The van der Waals surface area contributed by atoms with Crippen molar-refractivity contribution >= 4 is 10.8 Å². The maximum absolute atomic E-state index is 12.6. The summed E-state index contributed by atoms with van der Waals surface area (Å²) in [7, 11) is 3.20. The molecule has 0 bridgehead atoms. The Kier molecular flexibility index (Phi) is 3.22. The van der Waals surface area contributed by atoms with Gasteiger partial charge in [-0.2, -0.15) is 5.10 Å². The summed E-state index contributed by atoms with van der Waals surface area (Å²) in [5.41, 5.74) is 2.35. The summed E-state index contributed by atoms with van der Waals surface area (Å²) in [5.74, 6) is 0.498. The molecule has 0 aliphatic carbocycles. The lowest BCUT2D eigenvalue weighted by Gasteiger charge is -2.14. The average molecular weight is 280 g/mol. The molecule has 0 aliphatic rings. The van der Waals surface area contributed by atoms with Crippen LogP contribution in [0, 0.1) is 6.92 Å². The number of aromatic nitrogens is 2. The summed E-state index contributed by atoms with van der Waals surface area (Å²) in [6, 6.07) is 12.1. The molecular weight excluding hydrogens is 264 g/mol. The Bertz CT molecular complexity index is 882. The first-order valence-corrected chi connectivity index (χ1v) is 6.72. The third-order valence-electron chi connectivity index (χ3n) is 3.71. The molecule has 0 saturated carbocycles. The Morgan fingerprint density at radius 3 is 2.62 bits per heavy atom. The topological polar surface area (TPSA) is 44.1 Å². The molecule has 0 radical (unpaired) electrons. The molecule has 0 unspecified atom stereocenters. The zero-order valence-electron chi connectivity index (χ0n) is 12.3. The Balaban J connectivity index is 2.49. The van der Waals surface area contributed by atoms with Gasteiger partial charge in [0.1, 0.15) is 0 Å². The largest absolute Gasteiger partial charge is 0.494 e. The monoisotopic (exact) mass is 280 g/mol. The van der Waals surface area contributed by atoms with Crippen LogP contribution in [-0.2, 0) is 7.05 Å². The third-order valence-corrected chi connectivity index (χ3v) is 3.71. The van der Waals surface area contributed by atoms with Gasteiger partial charge in [0, 0.05) is 12.6 Å². The SMILES string of the molecule is COc1cnn(C)c(=O)c1-c1c(C)ccc2ccccc12. The highest BCUT2D eigenvalue weighted by Gasteiger charge is 2.17. The van der Waals surface area contributed by atoms with Crippen molar-refractivity contribution in [2.45, 2.75) is 6.92 Å². The summed E-state index contributed by atoms with van der Waals surface area (Å²) >= 11 is 0. The standard InChI is InChI=1S/C17H16N2O2/c1-11-8-9-12-6-4-5-7-13(12)15(11)16-14(21-3)10-18-19(2)17(16)20/h4-10H,1-3H3. The molecule has 0 saturated heterocycles. The molecule has 106 valence electrons. The highest BCUT2D eigenvalue weighted by atomic mass is 16.5. The van der Waals surface area contributed by atoms with Gasteiger partial charge in [0.25, 0.3) is 5.56 Å². The van der Waals surface area contributed by atoms with Gasteiger partial charge in [0.15, 0.2) is 5.75 Å². The highest BCUT2D eigenvalue weighted by molar-refractivity contribution is 5.99. The van der Waals surface area contributed by atoms with Crippen LogP contribution in [0.2, 0.25) is 0 Å². The third kappa shape index (κ3) is 2.09. The van der Waals surface area contributed by atoms with Crippen molar-refractivity contribution in [3.63, 3.8) is 0 Å². The lowest BCUT2D eigenvalue weighted by Crippen LogP contribution is -2.22. The Morgan fingerprint density at radius 2 is 1.86 bits per heavy atom. The number of rotatable bonds is 2. The molecule has 1 heterocycles. The van der Waals surface area contributed by atoms with Crippen molar-refractivity contribution in [1.82, 2.24) is 9.78 Å². The number of methoxy groups -OCH3 is 1. The first-order valence-electron chi connectivity index (χ1n) is 6.72. The number of hydrogen-bond acceptors (Lipinski definition) is 3. The first kappa shape index (κ1) is 13.4. The van der Waals surface area contributed by atoms with Crippen LogP contribution in [0.25, 0.3) is 21.9 Å². The van der Waals surface area contributed by atoms with Gasteiger partial charge in [-0.25, -0.2) is 4.68 Å². The van der Waals surface area contributed by atoms with E-state index in [1.807, 2.05) is 37.3 Å². The second-order valence-corrected chi connectivity index (χ2v) is 5.00. The van der Waals surface area contributed by atoms with Crippen LogP contribution in [0.4, 0.5) is 0 Å². The molecule has 0 amide bonds. The Morgan fingerprint density at radius 1 is 1.10 bits per heavy atom. The molecule has 4 heteroatoms. The normalized spacial score (nSPS) is 10.8. The van der Waals surface area contributed by atoms with Crippen LogP contribution in [0.1, 0.15) is 5.56 Å². The van der Waals surface area contributed by atoms with Crippen LogP contribution in [0.5, 0.6) is 5.75 Å². The summed E-state index contributed by atoms with van der Waals surface area (Å²) < 4.78 is 6.70. The molecule has 2 aromatic carbocycles. The summed E-state index contributed by atoms with van der Waals surface area (Å²) in [4.78, 5) is 12.6. The summed E-state index contributed by atoms with van der Waals surface area (Å²) in [6.45, 7) is 2.00. The van der Waals surface area contributed by atoms with E-state index in [-0.39, 0.29) is 5.56 Å². The molecule has 0 spiro atoms. The van der Waals surface area contributed by atoms with Crippen molar-refractivity contribution in [3.05, 3.63) is 58.5 Å². The van der Waals surface area contributed by atoms with E-state index in [2.05, 4.69) is 11.2 Å². The van der Waals surface area contributed by atoms with Crippen LogP contribution >= 0.6 is 0 Å². The summed E-state index contributed by atoms with van der Waals surface area (Å²) in [6.07, 6.45) is 1.58. The van der Waals surface area contributed by atoms with Crippen LogP contribution < -0.4 is 10.3 Å². The van der Waals surface area contributed by atoms with Crippen LogP contribution in [0.3, 0.4) is 0 Å². The van der Waals surface area contributed by atoms with Crippen LogP contribution in [-0.4, -0.2) is 16.9 Å². The molecule has 1 aromatic heterocycles. The smallest absolute Gasteiger partial charge is 0.278 e. The van der Waals surface area contributed by atoms with E-state index >= 15 is 0 Å². The van der Waals surface area contributed by atoms with Crippen LogP contribution in [0.15, 0.2) is 47.4 Å². The van der Waals surface area contributed by atoms with E-state index in [4.69, 9.17) is 4.74 Å². The fraction of sp³-hybridized carbons (Fsp3) is 0.176. The molecule has 3 aromatic rings. The minimum absolute atomic E-state index is 0.159. The van der Waals surface area contributed by atoms with Gasteiger partial charge in [-0.05, 0) is 23.3 Å². The van der Waals surface area contributed by atoms with Gasteiger partial charge in [-0.3, -0.25) is 4.79 Å². The second-order valence-electron chi connectivity index (χ2n) is 5.00. The number of hydrogen-bond donors (Lipinski definition) is 0. The number of fused-ring (bicyclic) bond motifs is 1. The minimum Gasteiger partial charge on any atom is -0.494 e. The molecule has 0 atom stereocenters. The van der Waals surface area contributed by atoms with Crippen molar-refractivity contribution in [2.75, 3.05) is 7.11 Å². The zero-order chi connectivity index (χ0) is 15.0. The number of ether oxygens (including phenoxy) is 1. The molecule has 21 heavy (non-hydrogen) atoms. The predicted octanol–water partition coefficient (Wildman–Crippen LogP) is 2.92. The van der Waals surface area contributed by atoms with Crippen molar-refractivity contribution < 1.29 is 4.74 Å². The first-order chi connectivity index (χ1) is 10.1. The summed E-state index contributed by atoms with van der Waals surface area (Å²) in [5, 5.41) is 6.16. The lowest BCUT2D eigenvalue weighted by atomic mass is 9.94. The Hall–Kier alpha value is -2.62. The van der Waals surface area contributed by atoms with E-state index in [1.165, 1.54) is 4.68 Å². The fourth-order valence-corrected chi connectivity index (χ4v) is 2.62. The quantitative estimate of drug-likeness (QED) is 0.725. The zero-order valence-corrected chi connectivity index (χ0v) is 12.3. The second kappa shape index (κ2) is 5.05. The van der Waals surface area contributed by atoms with Crippen molar-refractivity contribution in [3.8, 4) is 16.9 Å². The molecule has 3 rings (SSSR count). The van der Waals surface area contributed by atoms with Gasteiger partial charge in [-0.1, -0.05) is 36.4 Å². The highest BCUT2D eigenvalue weighted by Crippen LogP contribution is 2.34. The number of benzene rings is 2. The minimum atomic E-state index is -0.159. The van der Waals surface area contributed by atoms with Gasteiger partial charge in [0.05, 0.1) is 18.9 Å². The predicted molar refractivity (Wildman–Crippen MR) is 83.7 cm³/mol. The lowest BCUT2D eigenvalue weighted by molar-refractivity contribution is 0.410. The Labute approximate surface area is 122 Å². The van der Waals surface area contributed by atoms with Gasteiger partial charge < -0.3 is 4.74 Å². The van der Waals surface area contributed by atoms with Gasteiger partial charge >= 0.3 is 0 Å². The van der Waals surface area contributed by atoms with E-state index in [0.717, 1.165) is 21.9 Å². The molecular formula is C17H16N2O2. The fourth-order valence-electron chi connectivity index (χ4n) is 2.62. The molecule has 4 nitrogen and oxygen atoms in total. The van der Waals surface area contributed by atoms with Crippen molar-refractivity contribution in [1.29, 1.82) is 0 Å². The van der Waals surface area contributed by atoms with Crippen molar-refractivity contribution in [2.24, 2.45) is 7.05 Å². The number of nitrogens with zero attached hydrogens (tertiary/aromatic N) is 2. The molecule has 0 fully saturated rings. The van der Waals surface area contributed by atoms with Gasteiger partial charge in [-0.15, -0.1) is 0 Å². The van der Waals surface area contributed by atoms with Gasteiger partial charge in [0.2, 0.25) is 0 Å². The maximum Gasteiger partial charge on any atom is 0.278 e. The van der Waals surface area contributed by atoms with E-state index in [0.29, 0.717) is 11.3 Å². The van der Waals surface area contributed by atoms with E-state index in [1.54, 1.807) is 20.4 Å². The van der Waals surface area contributed by atoms with E-state index < -0.39 is 0 Å². The van der Waals surface area contributed by atoms with E-state index in [9.17, 15) is 4.79 Å². The average Bonchev–Trinajstić information content (AvgIpc) is 2.51. The maximum atomic E-state index is 12.6. The molecule has 0 N–H and O–H groups in total. The molecule has 0 aliphatic heterocycles. The number of aryl methyl sites for hydroxylation is 2.